The highest BCUT2D eigenvalue weighted by molar-refractivity contribution is 4.68. The summed E-state index contributed by atoms with van der Waals surface area (Å²) in [5.74, 6) is -1.15. The quantitative estimate of drug-likeness (QED) is 0.110. The Balaban J connectivity index is 3.67. The third kappa shape index (κ3) is 21.3. The Kier molecular flexibility index (Phi) is 21.3. The number of ether oxygens (including phenoxy) is 1. The minimum atomic E-state index is -4.07. The average Bonchev–Trinajstić information content (AvgIpc) is 2.72. The molecular weight excluding hydrogens is 404 g/mol. The molecule has 0 radical (unpaired) electrons. The third-order valence-electron chi connectivity index (χ3n) is 6.30. The van der Waals surface area contributed by atoms with Gasteiger partial charge in [0.05, 0.1) is 5.92 Å². The van der Waals surface area contributed by atoms with Gasteiger partial charge in [-0.2, -0.15) is 13.2 Å². The molecule has 2 atom stereocenters. The van der Waals surface area contributed by atoms with Crippen LogP contribution in [0.3, 0.4) is 0 Å². The minimum absolute atomic E-state index is 0.238. The van der Waals surface area contributed by atoms with Crippen molar-refractivity contribution in [2.24, 2.45) is 5.92 Å². The Bertz CT molecular complexity index is 360. The Morgan fingerprint density at radius 2 is 0.968 bits per heavy atom. The number of methoxy groups -OCH3 is 1. The summed E-state index contributed by atoms with van der Waals surface area (Å²) in [5, 5.41) is 0. The fraction of sp³-hybridized carbons (Fsp3) is 1.00. The lowest BCUT2D eigenvalue weighted by Gasteiger charge is -2.20. The molecule has 0 aliphatic carbocycles. The fourth-order valence-electron chi connectivity index (χ4n) is 4.22. The standard InChI is InChI=1S/C26H50F4O/c1-3-4-5-6-7-9-14-19-24(26(28,29)30)20-15-11-12-17-22-25(27)21-16-10-8-13-18-23-31-2/h24-25H,3-23H2,1-2H3. The van der Waals surface area contributed by atoms with E-state index >= 15 is 0 Å². The Labute approximate surface area is 190 Å². The summed E-state index contributed by atoms with van der Waals surface area (Å²) in [5.41, 5.74) is 0. The van der Waals surface area contributed by atoms with E-state index in [9.17, 15) is 17.6 Å². The van der Waals surface area contributed by atoms with Crippen LogP contribution in [0.2, 0.25) is 0 Å². The lowest BCUT2D eigenvalue weighted by atomic mass is 9.93. The molecule has 0 N–H and O–H groups in total. The molecule has 0 rings (SSSR count). The van der Waals surface area contributed by atoms with Gasteiger partial charge in [-0.1, -0.05) is 103 Å². The monoisotopic (exact) mass is 454 g/mol. The minimum Gasteiger partial charge on any atom is -0.385 e. The number of rotatable bonds is 23. The molecule has 1 nitrogen and oxygen atoms in total. The molecule has 0 aromatic heterocycles. The highest BCUT2D eigenvalue weighted by Crippen LogP contribution is 2.34. The molecule has 0 fully saturated rings. The van der Waals surface area contributed by atoms with E-state index in [1.54, 1.807) is 7.11 Å². The van der Waals surface area contributed by atoms with E-state index in [-0.39, 0.29) is 12.8 Å². The Morgan fingerprint density at radius 3 is 1.39 bits per heavy atom. The van der Waals surface area contributed by atoms with Gasteiger partial charge < -0.3 is 4.74 Å². The fourth-order valence-corrected chi connectivity index (χ4v) is 4.22. The van der Waals surface area contributed by atoms with Crippen LogP contribution in [0.1, 0.15) is 135 Å². The molecule has 31 heavy (non-hydrogen) atoms. The van der Waals surface area contributed by atoms with Crippen LogP contribution in [-0.4, -0.2) is 26.1 Å². The molecule has 0 aliphatic rings. The van der Waals surface area contributed by atoms with E-state index in [0.717, 1.165) is 77.2 Å². The molecule has 0 amide bonds. The van der Waals surface area contributed by atoms with E-state index in [1.165, 1.54) is 19.3 Å². The Hall–Kier alpha value is -0.320. The second kappa shape index (κ2) is 21.5. The summed E-state index contributed by atoms with van der Waals surface area (Å²) in [4.78, 5) is 0. The summed E-state index contributed by atoms with van der Waals surface area (Å²) in [6.07, 6.45) is 12.7. The molecular formula is C26H50F4O. The molecule has 0 aromatic carbocycles. The predicted octanol–water partition coefficient (Wildman–Crippen LogP) is 9.97. The summed E-state index contributed by atoms with van der Waals surface area (Å²) < 4.78 is 58.7. The van der Waals surface area contributed by atoms with Gasteiger partial charge in [0.2, 0.25) is 0 Å². The maximum Gasteiger partial charge on any atom is 0.391 e. The van der Waals surface area contributed by atoms with Gasteiger partial charge in [-0.3, -0.25) is 0 Å². The van der Waals surface area contributed by atoms with Crippen molar-refractivity contribution in [1.82, 2.24) is 0 Å². The van der Waals surface area contributed by atoms with Crippen LogP contribution in [-0.2, 0) is 4.74 Å². The third-order valence-corrected chi connectivity index (χ3v) is 6.30. The maximum absolute atomic E-state index is 13.9. The maximum atomic E-state index is 13.9. The van der Waals surface area contributed by atoms with Crippen LogP contribution in [0.25, 0.3) is 0 Å². The number of unbranched alkanes of at least 4 members (excludes halogenated alkanes) is 13. The number of hydrogen-bond donors (Lipinski definition) is 0. The second-order valence-corrected chi connectivity index (χ2v) is 9.29. The van der Waals surface area contributed by atoms with Crippen molar-refractivity contribution in [2.45, 2.75) is 148 Å². The molecule has 0 saturated carbocycles. The molecule has 0 aromatic rings. The first-order valence-electron chi connectivity index (χ1n) is 13.1. The molecule has 0 aliphatic heterocycles. The highest BCUT2D eigenvalue weighted by Gasteiger charge is 2.38. The van der Waals surface area contributed by atoms with Crippen molar-refractivity contribution in [3.05, 3.63) is 0 Å². The smallest absolute Gasteiger partial charge is 0.385 e. The van der Waals surface area contributed by atoms with Crippen molar-refractivity contribution in [2.75, 3.05) is 13.7 Å². The van der Waals surface area contributed by atoms with Gasteiger partial charge in [-0.05, 0) is 32.1 Å². The lowest BCUT2D eigenvalue weighted by molar-refractivity contribution is -0.178. The number of hydrogen-bond acceptors (Lipinski definition) is 1. The summed E-state index contributed by atoms with van der Waals surface area (Å²) >= 11 is 0. The first kappa shape index (κ1) is 30.7. The Morgan fingerprint density at radius 1 is 0.581 bits per heavy atom. The molecule has 0 saturated heterocycles. The van der Waals surface area contributed by atoms with Crippen LogP contribution >= 0.6 is 0 Å². The van der Waals surface area contributed by atoms with Gasteiger partial charge in [-0.15, -0.1) is 0 Å². The molecule has 188 valence electrons. The number of alkyl halides is 4. The molecule has 5 heteroatoms. The topological polar surface area (TPSA) is 9.23 Å². The van der Waals surface area contributed by atoms with Crippen molar-refractivity contribution in [3.63, 3.8) is 0 Å². The largest absolute Gasteiger partial charge is 0.391 e. The normalized spacial score (nSPS) is 14.1. The summed E-state index contributed by atoms with van der Waals surface area (Å²) in [6, 6.07) is 0. The zero-order valence-electron chi connectivity index (χ0n) is 20.4. The molecule has 0 bridgehead atoms. The van der Waals surface area contributed by atoms with Crippen molar-refractivity contribution in [1.29, 1.82) is 0 Å². The van der Waals surface area contributed by atoms with E-state index in [2.05, 4.69) is 6.92 Å². The zero-order chi connectivity index (χ0) is 23.2. The molecule has 2 unspecified atom stereocenters. The van der Waals surface area contributed by atoms with Gasteiger partial charge in [0.1, 0.15) is 6.17 Å². The average molecular weight is 455 g/mol. The van der Waals surface area contributed by atoms with Gasteiger partial charge in [-0.25, -0.2) is 4.39 Å². The van der Waals surface area contributed by atoms with Gasteiger partial charge in [0.25, 0.3) is 0 Å². The van der Waals surface area contributed by atoms with Crippen LogP contribution in [0.4, 0.5) is 17.6 Å². The van der Waals surface area contributed by atoms with Crippen LogP contribution < -0.4 is 0 Å². The molecule has 0 spiro atoms. The van der Waals surface area contributed by atoms with Gasteiger partial charge in [0, 0.05) is 13.7 Å². The van der Waals surface area contributed by atoms with Crippen LogP contribution in [0.15, 0.2) is 0 Å². The lowest BCUT2D eigenvalue weighted by Crippen LogP contribution is -2.22. The predicted molar refractivity (Wildman–Crippen MR) is 124 cm³/mol. The first-order chi connectivity index (χ1) is 14.9. The van der Waals surface area contributed by atoms with Gasteiger partial charge >= 0.3 is 6.18 Å². The van der Waals surface area contributed by atoms with Gasteiger partial charge in [0.15, 0.2) is 0 Å². The van der Waals surface area contributed by atoms with E-state index in [4.69, 9.17) is 4.74 Å². The zero-order valence-corrected chi connectivity index (χ0v) is 20.4. The van der Waals surface area contributed by atoms with Crippen molar-refractivity contribution >= 4 is 0 Å². The SMILES string of the molecule is CCCCCCCCCC(CCCCCCC(F)CCCCCCCOC)C(F)(F)F. The molecule has 0 heterocycles. The van der Waals surface area contributed by atoms with E-state index < -0.39 is 18.3 Å². The van der Waals surface area contributed by atoms with E-state index in [0.29, 0.717) is 25.7 Å². The van der Waals surface area contributed by atoms with E-state index in [1.807, 2.05) is 0 Å². The van der Waals surface area contributed by atoms with Crippen LogP contribution in [0.5, 0.6) is 0 Å². The van der Waals surface area contributed by atoms with Crippen molar-refractivity contribution < 1.29 is 22.3 Å². The summed E-state index contributed by atoms with van der Waals surface area (Å²) in [7, 11) is 1.71. The number of halogens is 4. The highest BCUT2D eigenvalue weighted by atomic mass is 19.4. The second-order valence-electron chi connectivity index (χ2n) is 9.29. The first-order valence-corrected chi connectivity index (χ1v) is 13.1. The van der Waals surface area contributed by atoms with Crippen LogP contribution in [0, 0.1) is 5.92 Å². The summed E-state index contributed by atoms with van der Waals surface area (Å²) in [6.45, 7) is 2.96. The van der Waals surface area contributed by atoms with Crippen molar-refractivity contribution in [3.8, 4) is 0 Å².